The van der Waals surface area contributed by atoms with Crippen LogP contribution in [0.15, 0.2) is 30.3 Å². The Kier molecular flexibility index (Phi) is 5.51. The molecule has 0 aliphatic carbocycles. The van der Waals surface area contributed by atoms with E-state index in [0.717, 1.165) is 5.75 Å². The van der Waals surface area contributed by atoms with Crippen molar-refractivity contribution in [2.24, 2.45) is 0 Å². The van der Waals surface area contributed by atoms with E-state index in [1.807, 2.05) is 18.2 Å². The van der Waals surface area contributed by atoms with Crippen LogP contribution in [0.1, 0.15) is 12.0 Å². The van der Waals surface area contributed by atoms with Gasteiger partial charge in [0.25, 0.3) is 0 Å². The number of hydrogen-bond donors (Lipinski definition) is 0. The lowest BCUT2D eigenvalue weighted by Gasteiger charge is -2.08. The summed E-state index contributed by atoms with van der Waals surface area (Å²) < 4.78 is 0. The summed E-state index contributed by atoms with van der Waals surface area (Å²) >= 11 is 7.49. The van der Waals surface area contributed by atoms with E-state index in [4.69, 9.17) is 16.9 Å². The monoisotopic (exact) mass is 225 g/mol. The van der Waals surface area contributed by atoms with Crippen LogP contribution in [0, 0.1) is 11.3 Å². The first-order valence-corrected chi connectivity index (χ1v) is 6.03. The summed E-state index contributed by atoms with van der Waals surface area (Å²) in [5.74, 6) is 1.48. The third-order valence-electron chi connectivity index (χ3n) is 1.82. The first-order chi connectivity index (χ1) is 6.86. The van der Waals surface area contributed by atoms with Gasteiger partial charge in [0.2, 0.25) is 0 Å². The quantitative estimate of drug-likeness (QED) is 0.717. The Morgan fingerprint density at radius 2 is 2.07 bits per heavy atom. The van der Waals surface area contributed by atoms with Gasteiger partial charge in [0.15, 0.2) is 0 Å². The minimum absolute atomic E-state index is 0.252. The second kappa shape index (κ2) is 6.75. The molecule has 14 heavy (non-hydrogen) atoms. The van der Waals surface area contributed by atoms with Crippen LogP contribution >= 0.6 is 23.4 Å². The van der Waals surface area contributed by atoms with Crippen molar-refractivity contribution < 1.29 is 0 Å². The molecule has 1 aromatic rings. The van der Waals surface area contributed by atoms with E-state index in [9.17, 15) is 0 Å². The molecule has 0 aromatic heterocycles. The molecule has 0 N–H and O–H groups in total. The summed E-state index contributed by atoms with van der Waals surface area (Å²) in [6.07, 6.45) is 0.529. The van der Waals surface area contributed by atoms with E-state index in [2.05, 4.69) is 18.2 Å². The summed E-state index contributed by atoms with van der Waals surface area (Å²) in [7, 11) is 0. The summed E-state index contributed by atoms with van der Waals surface area (Å²) in [5, 5.41) is 8.79. The zero-order chi connectivity index (χ0) is 10.2. The van der Waals surface area contributed by atoms with Crippen molar-refractivity contribution in [2.75, 3.05) is 5.88 Å². The van der Waals surface area contributed by atoms with Crippen molar-refractivity contribution in [2.45, 2.75) is 17.4 Å². The molecule has 1 nitrogen and oxygen atoms in total. The van der Waals surface area contributed by atoms with Gasteiger partial charge >= 0.3 is 0 Å². The number of nitrogens with zero attached hydrogens (tertiary/aromatic N) is 1. The molecule has 0 saturated heterocycles. The average Bonchev–Trinajstić information content (AvgIpc) is 2.25. The van der Waals surface area contributed by atoms with Gasteiger partial charge in [-0.25, -0.2) is 0 Å². The van der Waals surface area contributed by atoms with Crippen LogP contribution in [0.3, 0.4) is 0 Å². The lowest BCUT2D eigenvalue weighted by Crippen LogP contribution is -2.03. The normalized spacial score (nSPS) is 12.0. The van der Waals surface area contributed by atoms with E-state index < -0.39 is 0 Å². The minimum atomic E-state index is 0.252. The van der Waals surface area contributed by atoms with Gasteiger partial charge in [-0.05, 0) is 5.56 Å². The molecule has 0 aliphatic heterocycles. The molecule has 0 heterocycles. The van der Waals surface area contributed by atoms with Gasteiger partial charge in [-0.2, -0.15) is 17.0 Å². The fraction of sp³-hybridized carbons (Fsp3) is 0.364. The number of hydrogen-bond acceptors (Lipinski definition) is 2. The van der Waals surface area contributed by atoms with Crippen LogP contribution in [-0.4, -0.2) is 11.1 Å². The Balaban J connectivity index is 2.36. The molecular formula is C11H12ClNS. The summed E-state index contributed by atoms with van der Waals surface area (Å²) in [5.41, 5.74) is 1.28. The smallest absolute Gasteiger partial charge is 0.0633 e. The van der Waals surface area contributed by atoms with Crippen LogP contribution < -0.4 is 0 Å². The van der Waals surface area contributed by atoms with Crippen LogP contribution in [0.25, 0.3) is 0 Å². The maximum Gasteiger partial charge on any atom is 0.0633 e. The van der Waals surface area contributed by atoms with E-state index in [1.54, 1.807) is 11.8 Å². The van der Waals surface area contributed by atoms with Crippen molar-refractivity contribution in [3.05, 3.63) is 35.9 Å². The molecule has 0 saturated carbocycles. The Labute approximate surface area is 94.1 Å². The van der Waals surface area contributed by atoms with Crippen LogP contribution in [0.2, 0.25) is 0 Å². The predicted molar refractivity (Wildman–Crippen MR) is 62.5 cm³/mol. The molecule has 1 unspecified atom stereocenters. The van der Waals surface area contributed by atoms with Crippen molar-refractivity contribution in [1.82, 2.24) is 0 Å². The van der Waals surface area contributed by atoms with Crippen LogP contribution in [0.4, 0.5) is 0 Å². The molecule has 0 fully saturated rings. The molecule has 74 valence electrons. The molecule has 0 bridgehead atoms. The summed E-state index contributed by atoms with van der Waals surface area (Å²) in [6.45, 7) is 0. The van der Waals surface area contributed by atoms with Crippen molar-refractivity contribution in [1.29, 1.82) is 5.26 Å². The topological polar surface area (TPSA) is 23.8 Å². The van der Waals surface area contributed by atoms with Crippen LogP contribution in [-0.2, 0) is 5.75 Å². The highest BCUT2D eigenvalue weighted by molar-refractivity contribution is 7.99. The third kappa shape index (κ3) is 4.04. The Morgan fingerprint density at radius 1 is 1.36 bits per heavy atom. The average molecular weight is 226 g/mol. The van der Waals surface area contributed by atoms with E-state index in [0.29, 0.717) is 12.3 Å². The molecule has 0 radical (unpaired) electrons. The van der Waals surface area contributed by atoms with Gasteiger partial charge < -0.3 is 0 Å². The molecule has 0 aliphatic rings. The summed E-state index contributed by atoms with van der Waals surface area (Å²) in [6, 6.07) is 12.4. The number of rotatable bonds is 5. The third-order valence-corrected chi connectivity index (χ3v) is 3.68. The molecule has 0 amide bonds. The van der Waals surface area contributed by atoms with Gasteiger partial charge in [-0.1, -0.05) is 30.3 Å². The predicted octanol–water partition coefficient (Wildman–Crippen LogP) is 3.44. The van der Waals surface area contributed by atoms with Gasteiger partial charge in [0.1, 0.15) is 0 Å². The van der Waals surface area contributed by atoms with Gasteiger partial charge in [0, 0.05) is 23.3 Å². The number of halogens is 1. The van der Waals surface area contributed by atoms with Crippen LogP contribution in [0.5, 0.6) is 0 Å². The lowest BCUT2D eigenvalue weighted by atomic mass is 10.2. The maximum atomic E-state index is 8.54. The standard InChI is InChI=1S/C11H12ClNS/c12-8-11(6-7-13)14-9-10-4-2-1-3-5-10/h1-5,11H,6,8-9H2. The molecule has 3 heteroatoms. The largest absolute Gasteiger partial charge is 0.198 e. The highest BCUT2D eigenvalue weighted by atomic mass is 35.5. The number of benzene rings is 1. The van der Waals surface area contributed by atoms with Crippen molar-refractivity contribution in [3.63, 3.8) is 0 Å². The highest BCUT2D eigenvalue weighted by Crippen LogP contribution is 2.20. The second-order valence-corrected chi connectivity index (χ2v) is 4.53. The van der Waals surface area contributed by atoms with E-state index in [1.165, 1.54) is 5.56 Å². The van der Waals surface area contributed by atoms with Crippen molar-refractivity contribution in [3.8, 4) is 6.07 Å². The number of nitriles is 1. The number of alkyl halides is 1. The van der Waals surface area contributed by atoms with Crippen molar-refractivity contribution >= 4 is 23.4 Å². The molecule has 1 rings (SSSR count). The molecular weight excluding hydrogens is 214 g/mol. The summed E-state index contributed by atoms with van der Waals surface area (Å²) in [4.78, 5) is 0. The zero-order valence-electron chi connectivity index (χ0n) is 7.82. The fourth-order valence-corrected chi connectivity index (χ4v) is 2.33. The van der Waals surface area contributed by atoms with Gasteiger partial charge in [0.05, 0.1) is 6.07 Å². The van der Waals surface area contributed by atoms with Gasteiger partial charge in [-0.15, -0.1) is 11.6 Å². The van der Waals surface area contributed by atoms with E-state index >= 15 is 0 Å². The fourth-order valence-electron chi connectivity index (χ4n) is 1.05. The second-order valence-electron chi connectivity index (χ2n) is 2.94. The Hall–Kier alpha value is -0.650. The lowest BCUT2D eigenvalue weighted by molar-refractivity contribution is 0.996. The minimum Gasteiger partial charge on any atom is -0.198 e. The molecule has 0 spiro atoms. The zero-order valence-corrected chi connectivity index (χ0v) is 9.39. The first-order valence-electron chi connectivity index (χ1n) is 4.45. The maximum absolute atomic E-state index is 8.54. The molecule has 1 atom stereocenters. The van der Waals surface area contributed by atoms with E-state index in [-0.39, 0.29) is 5.25 Å². The number of thioether (sulfide) groups is 1. The van der Waals surface area contributed by atoms with Gasteiger partial charge in [-0.3, -0.25) is 0 Å². The highest BCUT2D eigenvalue weighted by Gasteiger charge is 2.06. The first kappa shape index (κ1) is 11.4. The Bertz CT molecular complexity index is 294. The molecule has 1 aromatic carbocycles. The SMILES string of the molecule is N#CCC(CCl)SCc1ccccc1. The Morgan fingerprint density at radius 3 is 2.64 bits per heavy atom.